The summed E-state index contributed by atoms with van der Waals surface area (Å²) in [6.07, 6.45) is 0. The predicted octanol–water partition coefficient (Wildman–Crippen LogP) is 0.704. The van der Waals surface area contributed by atoms with E-state index in [0.29, 0.717) is 25.7 Å². The first-order valence-corrected chi connectivity index (χ1v) is 6.08. The van der Waals surface area contributed by atoms with Gasteiger partial charge in [0.1, 0.15) is 0 Å². The molecule has 0 aliphatic rings. The van der Waals surface area contributed by atoms with E-state index in [-0.39, 0.29) is 0 Å². The summed E-state index contributed by atoms with van der Waals surface area (Å²) in [5.41, 5.74) is -0.686. The van der Waals surface area contributed by atoms with E-state index in [0.717, 1.165) is 13.1 Å². The fourth-order valence-electron chi connectivity index (χ4n) is 1.53. The summed E-state index contributed by atoms with van der Waals surface area (Å²) in [5, 5.41) is 13.5. The van der Waals surface area contributed by atoms with Gasteiger partial charge in [-0.2, -0.15) is 0 Å². The summed E-state index contributed by atoms with van der Waals surface area (Å²) in [4.78, 5) is 2.20. The lowest BCUT2D eigenvalue weighted by atomic mass is 10.1. The number of aliphatic hydroxyl groups is 1. The number of methoxy groups -OCH3 is 1. The third-order valence-electron chi connectivity index (χ3n) is 2.51. The van der Waals surface area contributed by atoms with Gasteiger partial charge in [0.05, 0.1) is 12.2 Å². The van der Waals surface area contributed by atoms with E-state index in [1.807, 2.05) is 6.92 Å². The minimum absolute atomic E-state index is 0.403. The number of hydrogen-bond acceptors (Lipinski definition) is 4. The van der Waals surface area contributed by atoms with Crippen molar-refractivity contribution in [3.8, 4) is 0 Å². The van der Waals surface area contributed by atoms with Gasteiger partial charge >= 0.3 is 0 Å². The monoisotopic (exact) mass is 232 g/mol. The van der Waals surface area contributed by atoms with Crippen LogP contribution in [0, 0.1) is 0 Å². The van der Waals surface area contributed by atoms with E-state index in [4.69, 9.17) is 4.74 Å². The zero-order valence-corrected chi connectivity index (χ0v) is 11.4. The van der Waals surface area contributed by atoms with Crippen molar-refractivity contribution in [2.24, 2.45) is 0 Å². The van der Waals surface area contributed by atoms with E-state index in [1.54, 1.807) is 7.11 Å². The van der Waals surface area contributed by atoms with Crippen molar-refractivity contribution in [1.29, 1.82) is 0 Å². The zero-order chi connectivity index (χ0) is 12.6. The summed E-state index contributed by atoms with van der Waals surface area (Å²) in [6.45, 7) is 11.9. The van der Waals surface area contributed by atoms with Crippen molar-refractivity contribution in [2.75, 3.05) is 39.9 Å². The van der Waals surface area contributed by atoms with Crippen molar-refractivity contribution < 1.29 is 9.84 Å². The predicted molar refractivity (Wildman–Crippen MR) is 67.8 cm³/mol. The summed E-state index contributed by atoms with van der Waals surface area (Å²) in [7, 11) is 1.70. The second-order valence-corrected chi connectivity index (χ2v) is 4.89. The van der Waals surface area contributed by atoms with E-state index >= 15 is 0 Å². The summed E-state index contributed by atoms with van der Waals surface area (Å²) in [6, 6.07) is 0.403. The van der Waals surface area contributed by atoms with Gasteiger partial charge in [-0.25, -0.2) is 0 Å². The van der Waals surface area contributed by atoms with Crippen LogP contribution in [-0.2, 0) is 4.74 Å². The van der Waals surface area contributed by atoms with Gasteiger partial charge in [-0.1, -0.05) is 20.8 Å². The fraction of sp³-hybridized carbons (Fsp3) is 1.00. The molecular formula is C12H28N2O2. The number of nitrogens with one attached hydrogen (secondary N) is 1. The first-order valence-electron chi connectivity index (χ1n) is 6.08. The van der Waals surface area contributed by atoms with Crippen molar-refractivity contribution in [3.63, 3.8) is 0 Å². The SMILES string of the molecule is CCN(CCOC)CC(C)(O)CNC(C)C. The van der Waals surface area contributed by atoms with E-state index in [1.165, 1.54) is 0 Å². The van der Waals surface area contributed by atoms with Crippen LogP contribution in [0.1, 0.15) is 27.7 Å². The van der Waals surface area contributed by atoms with Gasteiger partial charge < -0.3 is 15.2 Å². The highest BCUT2D eigenvalue weighted by Gasteiger charge is 2.23. The molecule has 16 heavy (non-hydrogen) atoms. The topological polar surface area (TPSA) is 44.7 Å². The molecule has 0 aromatic carbocycles. The maximum absolute atomic E-state index is 10.2. The number of rotatable bonds is 9. The van der Waals surface area contributed by atoms with Crippen LogP contribution in [0.4, 0.5) is 0 Å². The lowest BCUT2D eigenvalue weighted by molar-refractivity contribution is 0.0136. The molecule has 0 saturated carbocycles. The van der Waals surface area contributed by atoms with Crippen LogP contribution in [0.3, 0.4) is 0 Å². The Balaban J connectivity index is 3.98. The first-order chi connectivity index (χ1) is 7.41. The quantitative estimate of drug-likeness (QED) is 0.614. The maximum atomic E-state index is 10.2. The van der Waals surface area contributed by atoms with Crippen molar-refractivity contribution in [2.45, 2.75) is 39.3 Å². The summed E-state index contributed by atoms with van der Waals surface area (Å²) in [5.74, 6) is 0. The molecule has 0 bridgehead atoms. The average Bonchev–Trinajstić information content (AvgIpc) is 2.21. The Kier molecular flexibility index (Phi) is 7.93. The Morgan fingerprint density at radius 2 is 2.06 bits per heavy atom. The van der Waals surface area contributed by atoms with Gasteiger partial charge in [0.2, 0.25) is 0 Å². The smallest absolute Gasteiger partial charge is 0.0869 e. The molecule has 0 aliphatic heterocycles. The maximum Gasteiger partial charge on any atom is 0.0869 e. The van der Waals surface area contributed by atoms with E-state index in [9.17, 15) is 5.11 Å². The molecule has 4 nitrogen and oxygen atoms in total. The highest BCUT2D eigenvalue weighted by atomic mass is 16.5. The van der Waals surface area contributed by atoms with Crippen LogP contribution < -0.4 is 5.32 Å². The molecule has 0 heterocycles. The van der Waals surface area contributed by atoms with Crippen LogP contribution in [0.15, 0.2) is 0 Å². The minimum Gasteiger partial charge on any atom is -0.388 e. The number of nitrogens with zero attached hydrogens (tertiary/aromatic N) is 1. The van der Waals surface area contributed by atoms with Crippen LogP contribution in [0.25, 0.3) is 0 Å². The molecule has 1 unspecified atom stereocenters. The number of hydrogen-bond donors (Lipinski definition) is 2. The van der Waals surface area contributed by atoms with Crippen LogP contribution >= 0.6 is 0 Å². The molecular weight excluding hydrogens is 204 g/mol. The number of ether oxygens (including phenoxy) is 1. The molecule has 0 fully saturated rings. The average molecular weight is 232 g/mol. The Morgan fingerprint density at radius 1 is 1.44 bits per heavy atom. The Hall–Kier alpha value is -0.160. The molecule has 0 amide bonds. The molecule has 0 rings (SSSR count). The van der Waals surface area contributed by atoms with Gasteiger partial charge in [0.15, 0.2) is 0 Å². The molecule has 0 radical (unpaired) electrons. The highest BCUT2D eigenvalue weighted by Crippen LogP contribution is 2.05. The van der Waals surface area contributed by atoms with Crippen molar-refractivity contribution >= 4 is 0 Å². The molecule has 0 aromatic heterocycles. The Bertz CT molecular complexity index is 172. The fourth-order valence-corrected chi connectivity index (χ4v) is 1.53. The zero-order valence-electron chi connectivity index (χ0n) is 11.4. The van der Waals surface area contributed by atoms with Crippen LogP contribution in [0.5, 0.6) is 0 Å². The van der Waals surface area contributed by atoms with Gasteiger partial charge in [0.25, 0.3) is 0 Å². The van der Waals surface area contributed by atoms with Crippen LogP contribution in [-0.4, -0.2) is 61.5 Å². The molecule has 98 valence electrons. The highest BCUT2D eigenvalue weighted by molar-refractivity contribution is 4.80. The number of likely N-dealkylation sites (N-methyl/N-ethyl adjacent to an activating group) is 1. The van der Waals surface area contributed by atoms with Crippen LogP contribution in [0.2, 0.25) is 0 Å². The normalized spacial score (nSPS) is 15.8. The molecule has 0 aliphatic carbocycles. The molecule has 0 saturated heterocycles. The van der Waals surface area contributed by atoms with Crippen molar-refractivity contribution in [1.82, 2.24) is 10.2 Å². The Labute approximate surface area is 100.0 Å². The van der Waals surface area contributed by atoms with Gasteiger partial charge in [-0.05, 0) is 13.5 Å². The lowest BCUT2D eigenvalue weighted by Crippen LogP contribution is -2.49. The van der Waals surface area contributed by atoms with E-state index in [2.05, 4.69) is 31.0 Å². The van der Waals surface area contributed by atoms with Gasteiger partial charge in [-0.3, -0.25) is 4.90 Å². The molecule has 0 aromatic rings. The van der Waals surface area contributed by atoms with Gasteiger partial charge in [0, 0.05) is 32.8 Å². The van der Waals surface area contributed by atoms with Crippen molar-refractivity contribution in [3.05, 3.63) is 0 Å². The minimum atomic E-state index is -0.686. The van der Waals surface area contributed by atoms with E-state index < -0.39 is 5.60 Å². The largest absolute Gasteiger partial charge is 0.388 e. The standard InChI is InChI=1S/C12H28N2O2/c1-6-14(7-8-16-5)10-12(4,15)9-13-11(2)3/h11,13,15H,6-10H2,1-5H3. The molecule has 0 spiro atoms. The third kappa shape index (κ3) is 8.05. The lowest BCUT2D eigenvalue weighted by Gasteiger charge is -2.31. The second-order valence-electron chi connectivity index (χ2n) is 4.89. The molecule has 1 atom stereocenters. The summed E-state index contributed by atoms with van der Waals surface area (Å²) >= 11 is 0. The second kappa shape index (κ2) is 8.01. The molecule has 2 N–H and O–H groups in total. The first kappa shape index (κ1) is 15.8. The summed E-state index contributed by atoms with van der Waals surface area (Å²) < 4.78 is 5.05. The molecule has 4 heteroatoms. The third-order valence-corrected chi connectivity index (χ3v) is 2.51. The van der Waals surface area contributed by atoms with Gasteiger partial charge in [-0.15, -0.1) is 0 Å². The Morgan fingerprint density at radius 3 is 2.50 bits per heavy atom.